The summed E-state index contributed by atoms with van der Waals surface area (Å²) in [7, 11) is 0. The number of hydrogen-bond donors (Lipinski definition) is 1. The van der Waals surface area contributed by atoms with E-state index in [1.165, 1.54) is 11.8 Å². The second-order valence-corrected chi connectivity index (χ2v) is 4.86. The predicted octanol–water partition coefficient (Wildman–Crippen LogP) is 2.53. The zero-order valence-corrected chi connectivity index (χ0v) is 10.7. The Hall–Kier alpha value is -1.47. The number of nitrogens with zero attached hydrogens (tertiary/aromatic N) is 2. The van der Waals surface area contributed by atoms with Gasteiger partial charge in [-0.05, 0) is 12.1 Å². The molecule has 4 nitrogen and oxygen atoms in total. The van der Waals surface area contributed by atoms with E-state index in [0.717, 1.165) is 4.90 Å². The van der Waals surface area contributed by atoms with Crippen LogP contribution in [0, 0.1) is 0 Å². The largest absolute Gasteiger partial charge is 0.387 e. The zero-order valence-electron chi connectivity index (χ0n) is 9.87. The Morgan fingerprint density at radius 3 is 2.68 bits per heavy atom. The Labute approximate surface area is 112 Å². The third kappa shape index (κ3) is 4.29. The first-order valence-corrected chi connectivity index (χ1v) is 6.59. The van der Waals surface area contributed by atoms with Gasteiger partial charge in [-0.25, -0.2) is 8.78 Å². The van der Waals surface area contributed by atoms with Gasteiger partial charge in [0.2, 0.25) is 5.89 Å². The van der Waals surface area contributed by atoms with Crippen molar-refractivity contribution in [1.82, 2.24) is 10.1 Å². The lowest BCUT2D eigenvalue weighted by Gasteiger charge is -2.04. The van der Waals surface area contributed by atoms with E-state index in [1.54, 1.807) is 0 Å². The van der Waals surface area contributed by atoms with Crippen LogP contribution in [0.1, 0.15) is 11.7 Å². The van der Waals surface area contributed by atoms with Crippen molar-refractivity contribution in [3.8, 4) is 0 Å². The summed E-state index contributed by atoms with van der Waals surface area (Å²) in [4.78, 5) is 5.01. The molecule has 19 heavy (non-hydrogen) atoms. The molecule has 2 rings (SSSR count). The van der Waals surface area contributed by atoms with Crippen molar-refractivity contribution in [2.75, 3.05) is 0 Å². The van der Waals surface area contributed by atoms with Gasteiger partial charge in [-0.1, -0.05) is 23.4 Å². The Balaban J connectivity index is 1.87. The molecule has 0 aliphatic heterocycles. The maximum Gasteiger partial charge on any atom is 0.264 e. The Kier molecular flexibility index (Phi) is 4.86. The van der Waals surface area contributed by atoms with Crippen LogP contribution in [0.5, 0.6) is 0 Å². The molecule has 7 heteroatoms. The Bertz CT molecular complexity index is 507. The summed E-state index contributed by atoms with van der Waals surface area (Å²) < 4.78 is 29.1. The van der Waals surface area contributed by atoms with E-state index in [-0.39, 0.29) is 12.3 Å². The molecule has 1 heterocycles. The molecule has 1 N–H and O–H groups in total. The maximum atomic E-state index is 12.1. The smallest absolute Gasteiger partial charge is 0.264 e. The summed E-state index contributed by atoms with van der Waals surface area (Å²) in [5, 5.41) is 12.7. The fourth-order valence-corrected chi connectivity index (χ4v) is 2.13. The Morgan fingerprint density at radius 2 is 2.00 bits per heavy atom. The van der Waals surface area contributed by atoms with Crippen molar-refractivity contribution in [3.63, 3.8) is 0 Å². The quantitative estimate of drug-likeness (QED) is 0.827. The molecule has 0 spiro atoms. The summed E-state index contributed by atoms with van der Waals surface area (Å²) in [6, 6.07) is 9.66. The van der Waals surface area contributed by atoms with Gasteiger partial charge in [-0.2, -0.15) is 4.98 Å². The topological polar surface area (TPSA) is 59.2 Å². The second kappa shape index (κ2) is 6.63. The average Bonchev–Trinajstić information content (AvgIpc) is 2.85. The fourth-order valence-electron chi connectivity index (χ4n) is 1.36. The molecule has 2 aromatic rings. The Morgan fingerprint density at radius 1 is 1.26 bits per heavy atom. The van der Waals surface area contributed by atoms with E-state index < -0.39 is 12.5 Å². The minimum atomic E-state index is -2.81. The van der Waals surface area contributed by atoms with Gasteiger partial charge in [0.1, 0.15) is 6.10 Å². The normalized spacial score (nSPS) is 12.8. The number of hydrogen-bond acceptors (Lipinski definition) is 5. The number of rotatable bonds is 6. The first-order chi connectivity index (χ1) is 9.15. The molecule has 1 atom stereocenters. The summed E-state index contributed by atoms with van der Waals surface area (Å²) in [6.45, 7) is 0. The van der Waals surface area contributed by atoms with E-state index in [1.807, 2.05) is 30.3 Å². The lowest BCUT2D eigenvalue weighted by molar-refractivity contribution is -0.00754. The van der Waals surface area contributed by atoms with E-state index in [0.29, 0.717) is 11.6 Å². The van der Waals surface area contributed by atoms with Crippen molar-refractivity contribution >= 4 is 11.8 Å². The van der Waals surface area contributed by atoms with Gasteiger partial charge < -0.3 is 9.63 Å². The number of aliphatic hydroxyl groups excluding tert-OH is 1. The SMILES string of the molecule is OC(Cc1nc(CSc2ccccc2)no1)C(F)F. The molecule has 1 unspecified atom stereocenters. The van der Waals surface area contributed by atoms with Gasteiger partial charge in [-0.15, -0.1) is 11.8 Å². The summed E-state index contributed by atoms with van der Waals surface area (Å²) in [5.41, 5.74) is 0. The number of aromatic nitrogens is 2. The highest BCUT2D eigenvalue weighted by Gasteiger charge is 2.20. The van der Waals surface area contributed by atoms with Crippen LogP contribution in [0.25, 0.3) is 0 Å². The van der Waals surface area contributed by atoms with Crippen LogP contribution in [0.15, 0.2) is 39.8 Å². The summed E-state index contributed by atoms with van der Waals surface area (Å²) in [6.07, 6.45) is -4.91. The van der Waals surface area contributed by atoms with Gasteiger partial charge in [0.15, 0.2) is 5.82 Å². The van der Waals surface area contributed by atoms with Crippen molar-refractivity contribution in [2.45, 2.75) is 29.6 Å². The van der Waals surface area contributed by atoms with Crippen molar-refractivity contribution in [1.29, 1.82) is 0 Å². The van der Waals surface area contributed by atoms with E-state index in [4.69, 9.17) is 9.63 Å². The number of aliphatic hydroxyl groups is 1. The standard InChI is InChI=1S/C12H12F2N2O2S/c13-12(14)9(17)6-11-15-10(16-18-11)7-19-8-4-2-1-3-5-8/h1-5,9,12,17H,6-7H2. The van der Waals surface area contributed by atoms with Crippen LogP contribution < -0.4 is 0 Å². The highest BCUT2D eigenvalue weighted by Crippen LogP contribution is 2.21. The number of benzene rings is 1. The average molecular weight is 286 g/mol. The van der Waals surface area contributed by atoms with Crippen LogP contribution in [-0.4, -0.2) is 27.8 Å². The molecule has 0 saturated heterocycles. The zero-order chi connectivity index (χ0) is 13.7. The van der Waals surface area contributed by atoms with Crippen LogP contribution in [0.4, 0.5) is 8.78 Å². The monoisotopic (exact) mass is 286 g/mol. The summed E-state index contributed by atoms with van der Waals surface area (Å²) >= 11 is 1.52. The van der Waals surface area contributed by atoms with Crippen LogP contribution in [-0.2, 0) is 12.2 Å². The molecule has 0 fully saturated rings. The highest BCUT2D eigenvalue weighted by atomic mass is 32.2. The van der Waals surface area contributed by atoms with Gasteiger partial charge in [0.25, 0.3) is 6.43 Å². The van der Waals surface area contributed by atoms with E-state index in [9.17, 15) is 8.78 Å². The molecule has 0 aliphatic rings. The summed E-state index contributed by atoms with van der Waals surface area (Å²) in [5.74, 6) is 0.931. The number of thioether (sulfide) groups is 1. The van der Waals surface area contributed by atoms with Crippen molar-refractivity contribution < 1.29 is 18.4 Å². The second-order valence-electron chi connectivity index (χ2n) is 3.81. The fraction of sp³-hybridized carbons (Fsp3) is 0.333. The molecule has 0 amide bonds. The molecule has 0 radical (unpaired) electrons. The van der Waals surface area contributed by atoms with E-state index >= 15 is 0 Å². The maximum absolute atomic E-state index is 12.1. The first-order valence-electron chi connectivity index (χ1n) is 5.60. The number of alkyl halides is 2. The van der Waals surface area contributed by atoms with Crippen molar-refractivity contribution in [3.05, 3.63) is 42.0 Å². The molecule has 1 aromatic heterocycles. The molecule has 1 aromatic carbocycles. The third-order valence-corrected chi connectivity index (χ3v) is 3.30. The molecular weight excluding hydrogens is 274 g/mol. The highest BCUT2D eigenvalue weighted by molar-refractivity contribution is 7.98. The van der Waals surface area contributed by atoms with Gasteiger partial charge in [0.05, 0.1) is 12.2 Å². The van der Waals surface area contributed by atoms with Gasteiger partial charge in [0, 0.05) is 4.90 Å². The first kappa shape index (κ1) is 14.0. The minimum absolute atomic E-state index is 0.0245. The molecular formula is C12H12F2N2O2S. The lowest BCUT2D eigenvalue weighted by atomic mass is 10.2. The van der Waals surface area contributed by atoms with Crippen LogP contribution in [0.3, 0.4) is 0 Å². The van der Waals surface area contributed by atoms with E-state index in [2.05, 4.69) is 10.1 Å². The van der Waals surface area contributed by atoms with Gasteiger partial charge >= 0.3 is 0 Å². The van der Waals surface area contributed by atoms with Crippen LogP contribution >= 0.6 is 11.8 Å². The molecule has 0 aliphatic carbocycles. The minimum Gasteiger partial charge on any atom is -0.387 e. The predicted molar refractivity (Wildman–Crippen MR) is 66.0 cm³/mol. The molecule has 0 bridgehead atoms. The van der Waals surface area contributed by atoms with Crippen molar-refractivity contribution in [2.24, 2.45) is 0 Å². The number of halogens is 2. The lowest BCUT2D eigenvalue weighted by Crippen LogP contribution is -2.20. The van der Waals surface area contributed by atoms with Gasteiger partial charge in [-0.3, -0.25) is 0 Å². The van der Waals surface area contributed by atoms with Crippen LogP contribution in [0.2, 0.25) is 0 Å². The molecule has 0 saturated carbocycles. The third-order valence-electron chi connectivity index (χ3n) is 2.30. The molecule has 102 valence electrons.